The lowest BCUT2D eigenvalue weighted by molar-refractivity contribution is -0.122. The monoisotopic (exact) mass is 126 g/mol. The highest BCUT2D eigenvalue weighted by atomic mass is 16.2. The first-order valence-corrected chi connectivity index (χ1v) is 3.01. The van der Waals surface area contributed by atoms with Crippen LogP contribution in [-0.2, 0) is 4.79 Å². The van der Waals surface area contributed by atoms with Gasteiger partial charge in [-0.15, -0.1) is 0 Å². The zero-order chi connectivity index (χ0) is 6.69. The molecule has 1 saturated heterocycles. The van der Waals surface area contributed by atoms with Crippen molar-refractivity contribution in [2.75, 3.05) is 13.1 Å². The molecule has 1 aliphatic rings. The summed E-state index contributed by atoms with van der Waals surface area (Å²) < 4.78 is 0. The third-order valence-corrected chi connectivity index (χ3v) is 1.31. The zero-order valence-corrected chi connectivity index (χ0v) is 5.26. The summed E-state index contributed by atoms with van der Waals surface area (Å²) in [6, 6.07) is 0. The Balaban J connectivity index is 2.16. The van der Waals surface area contributed by atoms with Crippen LogP contribution in [0.2, 0.25) is 0 Å². The fourth-order valence-electron chi connectivity index (χ4n) is 0.630. The van der Waals surface area contributed by atoms with E-state index in [0.29, 0.717) is 0 Å². The Morgan fingerprint density at radius 3 is 2.67 bits per heavy atom. The molecule has 0 aliphatic carbocycles. The normalized spacial score (nSPS) is 18.2. The van der Waals surface area contributed by atoms with Crippen molar-refractivity contribution in [2.24, 2.45) is 0 Å². The highest BCUT2D eigenvalue weighted by molar-refractivity contribution is 5.86. The van der Waals surface area contributed by atoms with Crippen molar-refractivity contribution in [3.63, 3.8) is 0 Å². The fourth-order valence-corrected chi connectivity index (χ4v) is 0.630. The first-order chi connectivity index (χ1) is 4.33. The smallest absolute Gasteiger partial charge is 0.257 e. The van der Waals surface area contributed by atoms with Crippen molar-refractivity contribution >= 4 is 5.91 Å². The maximum Gasteiger partial charge on any atom is 0.257 e. The summed E-state index contributed by atoms with van der Waals surface area (Å²) in [4.78, 5) is 10.5. The fraction of sp³-hybridized carbons (Fsp3) is 0.500. The predicted molar refractivity (Wildman–Crippen MR) is 34.5 cm³/mol. The van der Waals surface area contributed by atoms with Gasteiger partial charge in [0.05, 0.1) is 0 Å². The van der Waals surface area contributed by atoms with Gasteiger partial charge in [-0.1, -0.05) is 6.58 Å². The second kappa shape index (κ2) is 2.64. The third kappa shape index (κ3) is 1.54. The van der Waals surface area contributed by atoms with E-state index in [0.717, 1.165) is 13.1 Å². The molecular formula is C6H10N2O. The Kier molecular flexibility index (Phi) is 1.85. The van der Waals surface area contributed by atoms with Crippen LogP contribution in [0.15, 0.2) is 12.7 Å². The summed E-state index contributed by atoms with van der Waals surface area (Å²) in [5.41, 5.74) is 2.64. The molecule has 1 heterocycles. The Labute approximate surface area is 54.3 Å². The Morgan fingerprint density at radius 2 is 2.33 bits per heavy atom. The minimum absolute atomic E-state index is 0.116. The van der Waals surface area contributed by atoms with Crippen LogP contribution >= 0.6 is 0 Å². The number of hydrazine groups is 1. The largest absolute Gasteiger partial charge is 0.285 e. The highest BCUT2D eigenvalue weighted by Gasteiger charge is 2.13. The Bertz CT molecular complexity index is 129. The van der Waals surface area contributed by atoms with Crippen LogP contribution in [0, 0.1) is 0 Å². The highest BCUT2D eigenvalue weighted by Crippen LogP contribution is 1.99. The predicted octanol–water partition coefficient (Wildman–Crippen LogP) is -0.0907. The zero-order valence-electron chi connectivity index (χ0n) is 5.26. The number of carbonyl (C=O) groups excluding carboxylic acids is 1. The number of nitrogens with zero attached hydrogens (tertiary/aromatic N) is 1. The van der Waals surface area contributed by atoms with Crippen LogP contribution in [0.4, 0.5) is 0 Å². The van der Waals surface area contributed by atoms with Gasteiger partial charge in [-0.2, -0.15) is 0 Å². The summed E-state index contributed by atoms with van der Waals surface area (Å²) in [5.74, 6) is -0.116. The van der Waals surface area contributed by atoms with Crippen molar-refractivity contribution in [1.29, 1.82) is 0 Å². The van der Waals surface area contributed by atoms with E-state index in [9.17, 15) is 4.79 Å². The van der Waals surface area contributed by atoms with Crippen LogP contribution in [0.5, 0.6) is 0 Å². The van der Waals surface area contributed by atoms with Gasteiger partial charge in [0.1, 0.15) is 0 Å². The van der Waals surface area contributed by atoms with Crippen LogP contribution in [0.1, 0.15) is 6.42 Å². The van der Waals surface area contributed by atoms with E-state index in [1.165, 1.54) is 12.5 Å². The molecule has 0 spiro atoms. The molecule has 0 radical (unpaired) electrons. The van der Waals surface area contributed by atoms with Gasteiger partial charge in [0, 0.05) is 13.1 Å². The Hall–Kier alpha value is -0.830. The molecule has 3 heteroatoms. The van der Waals surface area contributed by atoms with Gasteiger partial charge in [-0.3, -0.25) is 10.2 Å². The second-order valence-corrected chi connectivity index (χ2v) is 2.02. The van der Waals surface area contributed by atoms with Crippen molar-refractivity contribution in [3.05, 3.63) is 12.7 Å². The van der Waals surface area contributed by atoms with Crippen LogP contribution in [0.3, 0.4) is 0 Å². The number of hydrogen-bond acceptors (Lipinski definition) is 2. The van der Waals surface area contributed by atoms with E-state index >= 15 is 0 Å². The topological polar surface area (TPSA) is 32.3 Å². The van der Waals surface area contributed by atoms with Gasteiger partial charge in [0.15, 0.2) is 0 Å². The molecule has 0 atom stereocenters. The van der Waals surface area contributed by atoms with Crippen LogP contribution < -0.4 is 5.43 Å². The van der Waals surface area contributed by atoms with Gasteiger partial charge in [0.2, 0.25) is 0 Å². The maximum atomic E-state index is 10.5. The van der Waals surface area contributed by atoms with Crippen LogP contribution in [0.25, 0.3) is 0 Å². The molecule has 3 nitrogen and oxygen atoms in total. The minimum Gasteiger partial charge on any atom is -0.285 e. The summed E-state index contributed by atoms with van der Waals surface area (Å²) in [6.45, 7) is 5.28. The maximum absolute atomic E-state index is 10.5. The SMILES string of the molecule is C=CC(=O)NN1CCC1. The van der Waals surface area contributed by atoms with E-state index in [1.54, 1.807) is 0 Å². The number of nitrogens with one attached hydrogen (secondary N) is 1. The van der Waals surface area contributed by atoms with E-state index in [4.69, 9.17) is 0 Å². The molecule has 50 valence electrons. The van der Waals surface area contributed by atoms with Crippen molar-refractivity contribution < 1.29 is 4.79 Å². The first kappa shape index (κ1) is 6.29. The molecule has 0 unspecified atom stereocenters. The number of rotatable bonds is 2. The van der Waals surface area contributed by atoms with Gasteiger partial charge in [-0.05, 0) is 12.5 Å². The molecule has 9 heavy (non-hydrogen) atoms. The summed E-state index contributed by atoms with van der Waals surface area (Å²) in [5, 5.41) is 1.87. The third-order valence-electron chi connectivity index (χ3n) is 1.31. The molecule has 0 bridgehead atoms. The number of hydrogen-bond donors (Lipinski definition) is 1. The van der Waals surface area contributed by atoms with Gasteiger partial charge < -0.3 is 0 Å². The van der Waals surface area contributed by atoms with Crippen LogP contribution in [-0.4, -0.2) is 24.0 Å². The average Bonchev–Trinajstić information content (AvgIpc) is 1.78. The number of amides is 1. The lowest BCUT2D eigenvalue weighted by atomic mass is 10.3. The van der Waals surface area contributed by atoms with E-state index in [2.05, 4.69) is 12.0 Å². The summed E-state index contributed by atoms with van der Waals surface area (Å²) >= 11 is 0. The Morgan fingerprint density at radius 1 is 1.67 bits per heavy atom. The molecule has 0 aromatic carbocycles. The molecule has 0 aromatic rings. The lowest BCUT2D eigenvalue weighted by Crippen LogP contribution is -2.49. The molecule has 0 saturated carbocycles. The molecule has 1 rings (SSSR count). The standard InChI is InChI=1S/C6H10N2O/c1-2-6(9)7-8-4-3-5-8/h2H,1,3-5H2,(H,7,9). The van der Waals surface area contributed by atoms with Crippen molar-refractivity contribution in [2.45, 2.75) is 6.42 Å². The molecule has 0 aromatic heterocycles. The van der Waals surface area contributed by atoms with Gasteiger partial charge in [-0.25, -0.2) is 5.01 Å². The summed E-state index contributed by atoms with van der Waals surface area (Å²) in [6.07, 6.45) is 2.45. The molecule has 1 aliphatic heterocycles. The number of carbonyl (C=O) groups is 1. The van der Waals surface area contributed by atoms with Crippen molar-refractivity contribution in [3.8, 4) is 0 Å². The molecule has 1 amide bonds. The van der Waals surface area contributed by atoms with E-state index in [-0.39, 0.29) is 5.91 Å². The molecular weight excluding hydrogens is 116 g/mol. The van der Waals surface area contributed by atoms with E-state index in [1.807, 2.05) is 5.01 Å². The van der Waals surface area contributed by atoms with Gasteiger partial charge >= 0.3 is 0 Å². The first-order valence-electron chi connectivity index (χ1n) is 3.01. The lowest BCUT2D eigenvalue weighted by Gasteiger charge is -2.30. The summed E-state index contributed by atoms with van der Waals surface area (Å²) in [7, 11) is 0. The van der Waals surface area contributed by atoms with E-state index < -0.39 is 0 Å². The molecule has 1 N–H and O–H groups in total. The minimum atomic E-state index is -0.116. The van der Waals surface area contributed by atoms with Crippen molar-refractivity contribution in [1.82, 2.24) is 10.4 Å². The van der Waals surface area contributed by atoms with Gasteiger partial charge in [0.25, 0.3) is 5.91 Å². The second-order valence-electron chi connectivity index (χ2n) is 2.02. The quantitative estimate of drug-likeness (QED) is 0.524. The molecule has 1 fully saturated rings. The average molecular weight is 126 g/mol.